The highest BCUT2D eigenvalue weighted by atomic mass is 79.9. The average Bonchev–Trinajstić information content (AvgIpc) is 2.92. The summed E-state index contributed by atoms with van der Waals surface area (Å²) in [4.78, 5) is 6.59. The molecule has 0 radical (unpaired) electrons. The predicted octanol–water partition coefficient (Wildman–Crippen LogP) is 9.78. The van der Waals surface area contributed by atoms with Crippen LogP contribution in [0.25, 0.3) is 44.2 Å². The van der Waals surface area contributed by atoms with E-state index in [9.17, 15) is 0 Å². The Balaban J connectivity index is 2.02. The Morgan fingerprint density at radius 1 is 0.886 bits per heavy atom. The van der Waals surface area contributed by atoms with Crippen molar-refractivity contribution in [2.24, 2.45) is 0 Å². The standard InChI is InChI=1S/C33H26BrN/c1-3-11-23(2)30-31(25-13-6-4-7-14-25)28-18-19-35-22-29(28)32(26-15-8-5-9-16-26)33(30)27-17-10-12-24(20-27)21-34/h3-19,21-22H,2,20H2,1H3/b11-3-,24-21+. The topological polar surface area (TPSA) is 12.9 Å². The van der Waals surface area contributed by atoms with Gasteiger partial charge in [0.15, 0.2) is 0 Å². The molecule has 0 fully saturated rings. The van der Waals surface area contributed by atoms with Gasteiger partial charge in [0.1, 0.15) is 0 Å². The summed E-state index contributed by atoms with van der Waals surface area (Å²) in [6.07, 6.45) is 15.4. The minimum absolute atomic E-state index is 0.831. The van der Waals surface area contributed by atoms with Crippen molar-refractivity contribution >= 4 is 37.8 Å². The molecule has 0 amide bonds. The Kier molecular flexibility index (Phi) is 6.74. The van der Waals surface area contributed by atoms with Crippen LogP contribution in [0.4, 0.5) is 0 Å². The molecule has 1 aliphatic carbocycles. The summed E-state index contributed by atoms with van der Waals surface area (Å²) in [5.74, 6) is 0. The van der Waals surface area contributed by atoms with Gasteiger partial charge in [0, 0.05) is 17.8 Å². The van der Waals surface area contributed by atoms with Gasteiger partial charge in [0.2, 0.25) is 0 Å². The van der Waals surface area contributed by atoms with Gasteiger partial charge in [-0.3, -0.25) is 4.98 Å². The molecule has 170 valence electrons. The fourth-order valence-corrected chi connectivity index (χ4v) is 5.25. The van der Waals surface area contributed by atoms with E-state index in [-0.39, 0.29) is 0 Å². The minimum Gasteiger partial charge on any atom is -0.264 e. The Hall–Kier alpha value is -3.75. The van der Waals surface area contributed by atoms with Crippen LogP contribution in [-0.2, 0) is 0 Å². The molecule has 35 heavy (non-hydrogen) atoms. The zero-order valence-corrected chi connectivity index (χ0v) is 21.3. The molecule has 0 spiro atoms. The van der Waals surface area contributed by atoms with Crippen LogP contribution in [0.15, 0.2) is 127 Å². The number of benzene rings is 3. The third-order valence-electron chi connectivity index (χ3n) is 6.39. The van der Waals surface area contributed by atoms with Gasteiger partial charge in [0.25, 0.3) is 0 Å². The number of hydrogen-bond acceptors (Lipinski definition) is 1. The molecular weight excluding hydrogens is 490 g/mol. The van der Waals surface area contributed by atoms with Crippen molar-refractivity contribution in [2.75, 3.05) is 0 Å². The first-order valence-electron chi connectivity index (χ1n) is 11.8. The minimum atomic E-state index is 0.831. The monoisotopic (exact) mass is 515 g/mol. The van der Waals surface area contributed by atoms with E-state index in [1.807, 2.05) is 24.3 Å². The Bertz CT molecular complexity index is 1520. The SMILES string of the molecule is C=C(/C=C\C)c1c(C2=CC=C/C(=C\Br)C2)c(-c2ccccc2)c2cnccc2c1-c1ccccc1. The van der Waals surface area contributed by atoms with E-state index in [4.69, 9.17) is 0 Å². The molecule has 3 aromatic carbocycles. The Morgan fingerprint density at radius 3 is 2.23 bits per heavy atom. The van der Waals surface area contributed by atoms with E-state index < -0.39 is 0 Å². The maximum absolute atomic E-state index is 4.57. The molecule has 0 saturated carbocycles. The van der Waals surface area contributed by atoms with Crippen molar-refractivity contribution in [1.82, 2.24) is 4.98 Å². The molecule has 1 aliphatic rings. The summed E-state index contributed by atoms with van der Waals surface area (Å²) in [6, 6.07) is 23.4. The molecule has 5 rings (SSSR count). The molecule has 1 nitrogen and oxygen atoms in total. The molecule has 0 unspecified atom stereocenters. The molecule has 0 N–H and O–H groups in total. The van der Waals surface area contributed by atoms with E-state index in [0.717, 1.165) is 17.4 Å². The fraction of sp³-hybridized carbons (Fsp3) is 0.0606. The van der Waals surface area contributed by atoms with E-state index in [2.05, 4.69) is 125 Å². The molecule has 2 heteroatoms. The highest BCUT2D eigenvalue weighted by molar-refractivity contribution is 9.11. The summed E-state index contributed by atoms with van der Waals surface area (Å²) in [5, 5.41) is 2.32. The first kappa shape index (κ1) is 23.0. The van der Waals surface area contributed by atoms with Gasteiger partial charge in [-0.1, -0.05) is 114 Å². The maximum Gasteiger partial charge on any atom is 0.0353 e. The van der Waals surface area contributed by atoms with Crippen molar-refractivity contribution in [2.45, 2.75) is 13.3 Å². The molecular formula is C33H26BrN. The van der Waals surface area contributed by atoms with Crippen LogP contribution in [0.5, 0.6) is 0 Å². The van der Waals surface area contributed by atoms with Gasteiger partial charge >= 0.3 is 0 Å². The van der Waals surface area contributed by atoms with E-state index in [1.165, 1.54) is 49.9 Å². The van der Waals surface area contributed by atoms with Crippen LogP contribution >= 0.6 is 15.9 Å². The average molecular weight is 516 g/mol. The molecule has 4 aromatic rings. The fourth-order valence-electron chi connectivity index (χ4n) is 4.94. The second kappa shape index (κ2) is 10.2. The summed E-state index contributed by atoms with van der Waals surface area (Å²) in [5.41, 5.74) is 10.6. The lowest BCUT2D eigenvalue weighted by Crippen LogP contribution is -2.04. The van der Waals surface area contributed by atoms with Crippen LogP contribution in [0, 0.1) is 0 Å². The number of rotatable bonds is 5. The smallest absolute Gasteiger partial charge is 0.0353 e. The number of aromatic nitrogens is 1. The zero-order valence-electron chi connectivity index (χ0n) is 19.7. The summed E-state index contributed by atoms with van der Waals surface area (Å²) in [6.45, 7) is 6.61. The summed E-state index contributed by atoms with van der Waals surface area (Å²) >= 11 is 3.56. The first-order chi connectivity index (χ1) is 17.2. The number of pyridine rings is 1. The van der Waals surface area contributed by atoms with E-state index in [0.29, 0.717) is 0 Å². The number of allylic oxidation sites excluding steroid dienone is 8. The van der Waals surface area contributed by atoms with Gasteiger partial charge in [-0.2, -0.15) is 0 Å². The highest BCUT2D eigenvalue weighted by Crippen LogP contribution is 2.48. The molecule has 0 bridgehead atoms. The number of halogens is 1. The summed E-state index contributed by atoms with van der Waals surface area (Å²) in [7, 11) is 0. The van der Waals surface area contributed by atoms with Crippen molar-refractivity contribution in [3.63, 3.8) is 0 Å². The second-order valence-corrected chi connectivity index (χ2v) is 9.05. The molecule has 0 saturated heterocycles. The van der Waals surface area contributed by atoms with Gasteiger partial charge in [-0.05, 0) is 79.9 Å². The lowest BCUT2D eigenvalue weighted by molar-refractivity contribution is 1.28. The van der Waals surface area contributed by atoms with Crippen molar-refractivity contribution < 1.29 is 0 Å². The molecule has 1 heterocycles. The predicted molar refractivity (Wildman–Crippen MR) is 155 cm³/mol. The lowest BCUT2D eigenvalue weighted by Gasteiger charge is -2.26. The van der Waals surface area contributed by atoms with E-state index >= 15 is 0 Å². The molecule has 0 atom stereocenters. The van der Waals surface area contributed by atoms with Crippen LogP contribution in [-0.4, -0.2) is 4.98 Å². The van der Waals surface area contributed by atoms with Crippen molar-refractivity contribution in [1.29, 1.82) is 0 Å². The largest absolute Gasteiger partial charge is 0.264 e. The van der Waals surface area contributed by atoms with Crippen LogP contribution in [0.1, 0.15) is 24.5 Å². The number of nitrogens with zero attached hydrogens (tertiary/aromatic N) is 1. The Labute approximate surface area is 215 Å². The van der Waals surface area contributed by atoms with Crippen LogP contribution in [0.2, 0.25) is 0 Å². The number of hydrogen-bond donors (Lipinski definition) is 0. The van der Waals surface area contributed by atoms with Gasteiger partial charge in [-0.25, -0.2) is 0 Å². The van der Waals surface area contributed by atoms with E-state index in [1.54, 1.807) is 0 Å². The lowest BCUT2D eigenvalue weighted by atomic mass is 9.77. The normalized spacial score (nSPS) is 14.6. The van der Waals surface area contributed by atoms with Crippen molar-refractivity contribution in [3.05, 3.63) is 138 Å². The first-order valence-corrected chi connectivity index (χ1v) is 12.7. The Morgan fingerprint density at radius 2 is 1.57 bits per heavy atom. The molecule has 1 aromatic heterocycles. The van der Waals surface area contributed by atoms with Gasteiger partial charge < -0.3 is 0 Å². The molecule has 0 aliphatic heterocycles. The number of fused-ring (bicyclic) bond motifs is 1. The van der Waals surface area contributed by atoms with Gasteiger partial charge in [-0.15, -0.1) is 0 Å². The van der Waals surface area contributed by atoms with Crippen LogP contribution in [0.3, 0.4) is 0 Å². The zero-order chi connectivity index (χ0) is 24.2. The van der Waals surface area contributed by atoms with Gasteiger partial charge in [0.05, 0.1) is 0 Å². The quantitative estimate of drug-likeness (QED) is 0.241. The third kappa shape index (κ3) is 4.38. The second-order valence-electron chi connectivity index (χ2n) is 8.59. The summed E-state index contributed by atoms with van der Waals surface area (Å²) < 4.78 is 0. The van der Waals surface area contributed by atoms with Crippen LogP contribution < -0.4 is 0 Å². The maximum atomic E-state index is 4.57. The highest BCUT2D eigenvalue weighted by Gasteiger charge is 2.25. The third-order valence-corrected chi connectivity index (χ3v) is 6.98. The van der Waals surface area contributed by atoms with Crippen molar-refractivity contribution in [3.8, 4) is 22.3 Å².